The van der Waals surface area contributed by atoms with E-state index in [0.717, 1.165) is 55.5 Å². The molecule has 0 aliphatic carbocycles. The Morgan fingerprint density at radius 1 is 1.08 bits per heavy atom. The van der Waals surface area contributed by atoms with Crippen LogP contribution in [0.1, 0.15) is 67.2 Å². The van der Waals surface area contributed by atoms with Gasteiger partial charge in [0, 0.05) is 30.9 Å². The number of amides is 1. The van der Waals surface area contributed by atoms with Gasteiger partial charge in [0.2, 0.25) is 5.95 Å². The number of methoxy groups -OCH3 is 1. The standard InChI is InChI=1S/C28H39N5O3/c1-5-6-16-32(18-14-20(2)3)26(34)22-10-13-24-25(19-22)33(17-7-15-29)28(31-24)30-23-11-8-21(9-12-23)27(35)36-4/h8-13,19-20H,5-7,14-18,29H2,1-4H3,(H,30,31). The van der Waals surface area contributed by atoms with Gasteiger partial charge in [0.25, 0.3) is 5.91 Å². The molecule has 3 aromatic rings. The van der Waals surface area contributed by atoms with E-state index in [0.29, 0.717) is 36.1 Å². The topological polar surface area (TPSA) is 102 Å². The Kier molecular flexibility index (Phi) is 9.87. The maximum Gasteiger partial charge on any atom is 0.337 e. The number of unbranched alkanes of at least 4 members (excludes halogenated alkanes) is 1. The Labute approximate surface area is 213 Å². The van der Waals surface area contributed by atoms with Crippen LogP contribution in [0.25, 0.3) is 11.0 Å². The number of hydrogen-bond acceptors (Lipinski definition) is 6. The number of nitrogens with zero attached hydrogens (tertiary/aromatic N) is 3. The highest BCUT2D eigenvalue weighted by atomic mass is 16.5. The molecule has 3 rings (SSSR count). The Morgan fingerprint density at radius 3 is 2.44 bits per heavy atom. The average molecular weight is 494 g/mol. The molecule has 1 aromatic heterocycles. The fourth-order valence-electron chi connectivity index (χ4n) is 4.02. The lowest BCUT2D eigenvalue weighted by Gasteiger charge is -2.23. The van der Waals surface area contributed by atoms with Crippen molar-refractivity contribution in [2.24, 2.45) is 11.7 Å². The van der Waals surface area contributed by atoms with Crippen LogP contribution < -0.4 is 11.1 Å². The molecule has 3 N–H and O–H groups in total. The van der Waals surface area contributed by atoms with Gasteiger partial charge in [-0.25, -0.2) is 9.78 Å². The van der Waals surface area contributed by atoms with Crippen molar-refractivity contribution in [3.05, 3.63) is 53.6 Å². The Morgan fingerprint density at radius 2 is 1.81 bits per heavy atom. The summed E-state index contributed by atoms with van der Waals surface area (Å²) in [6.07, 6.45) is 3.79. The highest BCUT2D eigenvalue weighted by molar-refractivity contribution is 5.98. The van der Waals surface area contributed by atoms with Gasteiger partial charge in [-0.15, -0.1) is 0 Å². The third-order valence-electron chi connectivity index (χ3n) is 6.19. The first-order chi connectivity index (χ1) is 17.4. The SMILES string of the molecule is CCCCN(CCC(C)C)C(=O)c1ccc2nc(Nc3ccc(C(=O)OC)cc3)n(CCCN)c2c1. The first-order valence-electron chi connectivity index (χ1n) is 12.8. The van der Waals surface area contributed by atoms with Gasteiger partial charge in [-0.1, -0.05) is 27.2 Å². The molecular formula is C28H39N5O3. The van der Waals surface area contributed by atoms with Crippen LogP contribution in [-0.2, 0) is 11.3 Å². The molecular weight excluding hydrogens is 454 g/mol. The maximum atomic E-state index is 13.5. The van der Waals surface area contributed by atoms with Crippen LogP contribution in [-0.4, -0.2) is 53.1 Å². The minimum absolute atomic E-state index is 0.0606. The van der Waals surface area contributed by atoms with E-state index in [1.165, 1.54) is 7.11 Å². The normalized spacial score (nSPS) is 11.2. The van der Waals surface area contributed by atoms with Crippen molar-refractivity contribution in [2.75, 3.05) is 32.1 Å². The summed E-state index contributed by atoms with van der Waals surface area (Å²) in [5.41, 5.74) is 9.45. The molecule has 0 fully saturated rings. The summed E-state index contributed by atoms with van der Waals surface area (Å²) >= 11 is 0. The molecule has 0 bridgehead atoms. The molecule has 2 aromatic carbocycles. The summed E-state index contributed by atoms with van der Waals surface area (Å²) in [7, 11) is 1.36. The minimum Gasteiger partial charge on any atom is -0.465 e. The number of imidazole rings is 1. The molecule has 194 valence electrons. The molecule has 8 heteroatoms. The first-order valence-corrected chi connectivity index (χ1v) is 12.8. The quantitative estimate of drug-likeness (QED) is 0.317. The van der Waals surface area contributed by atoms with Crippen molar-refractivity contribution in [3.8, 4) is 0 Å². The highest BCUT2D eigenvalue weighted by Gasteiger charge is 2.19. The molecule has 0 saturated carbocycles. The predicted octanol–water partition coefficient (Wildman–Crippen LogP) is 5.20. The summed E-state index contributed by atoms with van der Waals surface area (Å²) in [6.45, 7) is 9.25. The monoisotopic (exact) mass is 493 g/mol. The Bertz CT molecular complexity index is 1150. The second-order valence-electron chi connectivity index (χ2n) is 9.45. The van der Waals surface area contributed by atoms with E-state index in [-0.39, 0.29) is 11.9 Å². The fourth-order valence-corrected chi connectivity index (χ4v) is 4.02. The van der Waals surface area contributed by atoms with Crippen molar-refractivity contribution in [1.82, 2.24) is 14.5 Å². The van der Waals surface area contributed by atoms with Crippen molar-refractivity contribution in [2.45, 2.75) is 53.0 Å². The average Bonchev–Trinajstić information content (AvgIpc) is 3.22. The number of nitrogens with two attached hydrogens (primary N) is 1. The number of carbonyl (C=O) groups is 2. The number of esters is 1. The van der Waals surface area contributed by atoms with Gasteiger partial charge in [-0.3, -0.25) is 4.79 Å². The van der Waals surface area contributed by atoms with E-state index in [1.54, 1.807) is 12.1 Å². The van der Waals surface area contributed by atoms with Crippen molar-refractivity contribution < 1.29 is 14.3 Å². The van der Waals surface area contributed by atoms with Crippen LogP contribution in [0.5, 0.6) is 0 Å². The number of aryl methyl sites for hydroxylation is 1. The number of anilines is 2. The summed E-state index contributed by atoms with van der Waals surface area (Å²) in [5.74, 6) is 0.884. The largest absolute Gasteiger partial charge is 0.465 e. The second-order valence-corrected chi connectivity index (χ2v) is 9.45. The smallest absolute Gasteiger partial charge is 0.337 e. The van der Waals surface area contributed by atoms with Gasteiger partial charge in [0.1, 0.15) is 0 Å². The van der Waals surface area contributed by atoms with E-state index >= 15 is 0 Å². The molecule has 1 amide bonds. The zero-order valence-corrected chi connectivity index (χ0v) is 21.9. The molecule has 36 heavy (non-hydrogen) atoms. The van der Waals surface area contributed by atoms with Crippen LogP contribution in [0.2, 0.25) is 0 Å². The number of ether oxygens (including phenoxy) is 1. The lowest BCUT2D eigenvalue weighted by molar-refractivity contribution is 0.0600. The number of aromatic nitrogens is 2. The zero-order valence-electron chi connectivity index (χ0n) is 21.9. The maximum absolute atomic E-state index is 13.5. The van der Waals surface area contributed by atoms with Crippen LogP contribution >= 0.6 is 0 Å². The predicted molar refractivity (Wildman–Crippen MR) is 145 cm³/mol. The zero-order chi connectivity index (χ0) is 26.1. The minimum atomic E-state index is -0.379. The molecule has 0 atom stereocenters. The van der Waals surface area contributed by atoms with Crippen molar-refractivity contribution in [1.29, 1.82) is 0 Å². The van der Waals surface area contributed by atoms with Crippen molar-refractivity contribution >= 4 is 34.5 Å². The summed E-state index contributed by atoms with van der Waals surface area (Å²) in [5, 5.41) is 3.35. The van der Waals surface area contributed by atoms with Crippen LogP contribution in [0, 0.1) is 5.92 Å². The third kappa shape index (κ3) is 6.85. The first kappa shape index (κ1) is 27.2. The van der Waals surface area contributed by atoms with Crippen molar-refractivity contribution in [3.63, 3.8) is 0 Å². The number of rotatable bonds is 13. The molecule has 0 saturated heterocycles. The summed E-state index contributed by atoms with van der Waals surface area (Å²) < 4.78 is 6.84. The Balaban J connectivity index is 1.92. The van der Waals surface area contributed by atoms with E-state index in [4.69, 9.17) is 15.5 Å². The van der Waals surface area contributed by atoms with Gasteiger partial charge in [-0.2, -0.15) is 0 Å². The van der Waals surface area contributed by atoms with E-state index in [9.17, 15) is 9.59 Å². The van der Waals surface area contributed by atoms with Gasteiger partial charge in [0.15, 0.2) is 0 Å². The third-order valence-corrected chi connectivity index (χ3v) is 6.19. The number of fused-ring (bicyclic) bond motifs is 1. The van der Waals surface area contributed by atoms with E-state index in [1.807, 2.05) is 35.2 Å². The second kappa shape index (κ2) is 13.1. The summed E-state index contributed by atoms with van der Waals surface area (Å²) in [6, 6.07) is 12.8. The Hall–Kier alpha value is -3.39. The van der Waals surface area contributed by atoms with Crippen LogP contribution in [0.4, 0.5) is 11.6 Å². The summed E-state index contributed by atoms with van der Waals surface area (Å²) in [4.78, 5) is 32.0. The van der Waals surface area contributed by atoms with Crippen LogP contribution in [0.15, 0.2) is 42.5 Å². The number of hydrogen-bond donors (Lipinski definition) is 2. The number of nitrogens with one attached hydrogen (secondary N) is 1. The lowest BCUT2D eigenvalue weighted by atomic mass is 10.1. The molecule has 1 heterocycles. The van der Waals surface area contributed by atoms with Gasteiger partial charge in [0.05, 0.1) is 23.7 Å². The molecule has 8 nitrogen and oxygen atoms in total. The lowest BCUT2D eigenvalue weighted by Crippen LogP contribution is -2.33. The molecule has 0 aliphatic rings. The van der Waals surface area contributed by atoms with Gasteiger partial charge < -0.3 is 25.3 Å². The molecule has 0 aliphatic heterocycles. The fraction of sp³-hybridized carbons (Fsp3) is 0.464. The highest BCUT2D eigenvalue weighted by Crippen LogP contribution is 2.25. The number of benzene rings is 2. The van der Waals surface area contributed by atoms with E-state index < -0.39 is 0 Å². The number of carbonyl (C=O) groups excluding carboxylic acids is 2. The van der Waals surface area contributed by atoms with E-state index in [2.05, 4.69) is 30.7 Å². The molecule has 0 spiro atoms. The molecule has 0 unspecified atom stereocenters. The van der Waals surface area contributed by atoms with Gasteiger partial charge in [-0.05, 0) is 74.2 Å². The van der Waals surface area contributed by atoms with Gasteiger partial charge >= 0.3 is 5.97 Å². The van der Waals surface area contributed by atoms with Crippen LogP contribution in [0.3, 0.4) is 0 Å². The molecule has 0 radical (unpaired) electrons.